The van der Waals surface area contributed by atoms with E-state index < -0.39 is 4.92 Å². The number of fused-ring (bicyclic) bond motifs is 1. The lowest BCUT2D eigenvalue weighted by molar-refractivity contribution is -0.400. The molecule has 1 aromatic heterocycles. The van der Waals surface area contributed by atoms with Gasteiger partial charge in [-0.1, -0.05) is 18.2 Å². The Hall–Kier alpha value is -2.50. The van der Waals surface area contributed by atoms with Gasteiger partial charge >= 0.3 is 0 Å². The van der Waals surface area contributed by atoms with E-state index in [1.807, 2.05) is 24.3 Å². The first-order valence-electron chi connectivity index (χ1n) is 5.22. The van der Waals surface area contributed by atoms with Crippen molar-refractivity contribution in [1.29, 1.82) is 0 Å². The minimum absolute atomic E-state index is 0.428. The fourth-order valence-electron chi connectivity index (χ4n) is 1.88. The Balaban J connectivity index is 2.73. The lowest BCUT2D eigenvalue weighted by atomic mass is 10.1. The van der Waals surface area contributed by atoms with E-state index in [2.05, 4.69) is 0 Å². The van der Waals surface area contributed by atoms with Gasteiger partial charge < -0.3 is 9.57 Å². The second kappa shape index (κ2) is 4.79. The van der Waals surface area contributed by atoms with E-state index in [1.165, 1.54) is 25.0 Å². The van der Waals surface area contributed by atoms with Crippen molar-refractivity contribution in [2.45, 2.75) is 0 Å². The molecule has 0 spiro atoms. The highest BCUT2D eigenvalue weighted by atomic mass is 16.7. The van der Waals surface area contributed by atoms with Crippen molar-refractivity contribution in [3.05, 3.63) is 46.1 Å². The van der Waals surface area contributed by atoms with Gasteiger partial charge in [0.05, 0.1) is 23.1 Å². The Bertz CT molecular complexity index is 616. The SMILES string of the molecule is COc1c(/C=C/[N+](=O)[O-])c2ccccc2n1OC. The van der Waals surface area contributed by atoms with Crippen molar-refractivity contribution in [1.82, 2.24) is 4.73 Å². The zero-order chi connectivity index (χ0) is 13.1. The molecular formula is C12H12N2O4. The predicted octanol–water partition coefficient (Wildman–Crippen LogP) is 1.96. The van der Waals surface area contributed by atoms with Gasteiger partial charge in [0.1, 0.15) is 7.11 Å². The van der Waals surface area contributed by atoms with Crippen molar-refractivity contribution in [2.75, 3.05) is 14.2 Å². The number of rotatable bonds is 4. The maximum Gasteiger partial charge on any atom is 0.235 e. The first-order valence-corrected chi connectivity index (χ1v) is 5.22. The van der Waals surface area contributed by atoms with Crippen LogP contribution in [0.25, 0.3) is 17.0 Å². The second-order valence-corrected chi connectivity index (χ2v) is 3.52. The predicted molar refractivity (Wildman–Crippen MR) is 67.0 cm³/mol. The Morgan fingerprint density at radius 3 is 2.67 bits per heavy atom. The lowest BCUT2D eigenvalue weighted by Gasteiger charge is -2.06. The minimum Gasteiger partial charge on any atom is -0.480 e. The molecule has 0 aliphatic rings. The normalized spacial score (nSPS) is 11.0. The number of benzene rings is 1. The Morgan fingerprint density at radius 2 is 2.06 bits per heavy atom. The van der Waals surface area contributed by atoms with Crippen LogP contribution in [0.3, 0.4) is 0 Å². The molecule has 0 aliphatic carbocycles. The molecule has 0 N–H and O–H groups in total. The molecular weight excluding hydrogens is 236 g/mol. The molecule has 0 bridgehead atoms. The van der Waals surface area contributed by atoms with E-state index in [0.29, 0.717) is 11.4 Å². The summed E-state index contributed by atoms with van der Waals surface area (Å²) in [6, 6.07) is 7.42. The summed E-state index contributed by atoms with van der Waals surface area (Å²) in [6.07, 6.45) is 2.28. The number of aromatic nitrogens is 1. The van der Waals surface area contributed by atoms with Crippen LogP contribution < -0.4 is 9.57 Å². The van der Waals surface area contributed by atoms with E-state index in [4.69, 9.17) is 9.57 Å². The largest absolute Gasteiger partial charge is 0.480 e. The molecule has 0 saturated heterocycles. The van der Waals surface area contributed by atoms with Gasteiger partial charge in [0.2, 0.25) is 12.1 Å². The summed E-state index contributed by atoms with van der Waals surface area (Å²) in [6.45, 7) is 0. The van der Waals surface area contributed by atoms with Crippen LogP contribution in [-0.2, 0) is 0 Å². The summed E-state index contributed by atoms with van der Waals surface area (Å²) in [4.78, 5) is 15.1. The first kappa shape index (κ1) is 12.0. The van der Waals surface area contributed by atoms with E-state index in [-0.39, 0.29) is 0 Å². The van der Waals surface area contributed by atoms with Crippen LogP contribution in [0.15, 0.2) is 30.5 Å². The highest BCUT2D eigenvalue weighted by Gasteiger charge is 2.16. The minimum atomic E-state index is -0.516. The van der Waals surface area contributed by atoms with Crippen molar-refractivity contribution < 1.29 is 14.5 Å². The standard InChI is InChI=1S/C12H12N2O4/c1-17-12-10(7-8-13(15)16)9-5-3-4-6-11(9)14(12)18-2/h3-8H,1-2H3/b8-7+. The Labute approximate surface area is 103 Å². The van der Waals surface area contributed by atoms with Crippen LogP contribution in [0.5, 0.6) is 5.88 Å². The second-order valence-electron chi connectivity index (χ2n) is 3.52. The monoisotopic (exact) mass is 248 g/mol. The van der Waals surface area contributed by atoms with Gasteiger partial charge in [-0.05, 0) is 6.07 Å². The first-order chi connectivity index (χ1) is 8.69. The van der Waals surface area contributed by atoms with Crippen molar-refractivity contribution in [3.8, 4) is 5.88 Å². The highest BCUT2D eigenvalue weighted by Crippen LogP contribution is 2.32. The van der Waals surface area contributed by atoms with Crippen LogP contribution in [0.1, 0.15) is 5.56 Å². The van der Waals surface area contributed by atoms with Gasteiger partial charge in [0.25, 0.3) is 0 Å². The fourth-order valence-corrected chi connectivity index (χ4v) is 1.88. The van der Waals surface area contributed by atoms with Crippen LogP contribution in [0.4, 0.5) is 0 Å². The zero-order valence-electron chi connectivity index (χ0n) is 9.99. The third-order valence-electron chi connectivity index (χ3n) is 2.57. The third kappa shape index (κ3) is 1.88. The summed E-state index contributed by atoms with van der Waals surface area (Å²) < 4.78 is 6.74. The molecule has 6 heteroatoms. The number of methoxy groups -OCH3 is 1. The number of hydrogen-bond acceptors (Lipinski definition) is 4. The summed E-state index contributed by atoms with van der Waals surface area (Å²) in [5.74, 6) is 0.428. The van der Waals surface area contributed by atoms with Gasteiger partial charge in [0.15, 0.2) is 0 Å². The molecule has 0 atom stereocenters. The number of nitro groups is 1. The van der Waals surface area contributed by atoms with Crippen LogP contribution in [-0.4, -0.2) is 23.9 Å². The molecule has 0 saturated carbocycles. The average molecular weight is 248 g/mol. The number of nitrogens with zero attached hydrogens (tertiary/aromatic N) is 2. The molecule has 1 aromatic carbocycles. The van der Waals surface area contributed by atoms with Gasteiger partial charge in [-0.25, -0.2) is 0 Å². The molecule has 0 fully saturated rings. The molecule has 2 rings (SSSR count). The van der Waals surface area contributed by atoms with Gasteiger partial charge in [0, 0.05) is 11.5 Å². The molecule has 1 heterocycles. The van der Waals surface area contributed by atoms with Crippen molar-refractivity contribution in [3.63, 3.8) is 0 Å². The maximum absolute atomic E-state index is 10.4. The molecule has 0 radical (unpaired) electrons. The molecule has 0 amide bonds. The summed E-state index contributed by atoms with van der Waals surface area (Å²) in [5, 5.41) is 11.3. The van der Waals surface area contributed by atoms with Crippen LogP contribution in [0, 0.1) is 10.1 Å². The lowest BCUT2D eigenvalue weighted by Crippen LogP contribution is -2.07. The van der Waals surface area contributed by atoms with Gasteiger partial charge in [-0.15, -0.1) is 4.73 Å². The number of para-hydroxylation sites is 1. The summed E-state index contributed by atoms with van der Waals surface area (Å²) >= 11 is 0. The van der Waals surface area contributed by atoms with E-state index in [1.54, 1.807) is 0 Å². The fraction of sp³-hybridized carbons (Fsp3) is 0.167. The van der Waals surface area contributed by atoms with Crippen LogP contribution >= 0.6 is 0 Å². The maximum atomic E-state index is 10.4. The zero-order valence-corrected chi connectivity index (χ0v) is 9.99. The number of ether oxygens (including phenoxy) is 1. The van der Waals surface area contributed by atoms with E-state index >= 15 is 0 Å². The average Bonchev–Trinajstić information content (AvgIpc) is 2.69. The summed E-state index contributed by atoms with van der Waals surface area (Å²) in [7, 11) is 3.00. The highest BCUT2D eigenvalue weighted by molar-refractivity contribution is 5.92. The third-order valence-corrected chi connectivity index (χ3v) is 2.57. The van der Waals surface area contributed by atoms with Crippen molar-refractivity contribution >= 4 is 17.0 Å². The topological polar surface area (TPSA) is 66.5 Å². The van der Waals surface area contributed by atoms with Crippen molar-refractivity contribution in [2.24, 2.45) is 0 Å². The van der Waals surface area contributed by atoms with Crippen LogP contribution in [0.2, 0.25) is 0 Å². The summed E-state index contributed by atoms with van der Waals surface area (Å²) in [5.41, 5.74) is 1.41. The quantitative estimate of drug-likeness (QED) is 0.612. The molecule has 0 unspecified atom stereocenters. The van der Waals surface area contributed by atoms with Gasteiger partial charge in [-0.3, -0.25) is 10.1 Å². The Morgan fingerprint density at radius 1 is 1.33 bits per heavy atom. The number of hydrogen-bond donors (Lipinski definition) is 0. The van der Waals surface area contributed by atoms with E-state index in [9.17, 15) is 10.1 Å². The molecule has 18 heavy (non-hydrogen) atoms. The smallest absolute Gasteiger partial charge is 0.235 e. The van der Waals surface area contributed by atoms with Gasteiger partial charge in [-0.2, -0.15) is 0 Å². The molecule has 2 aromatic rings. The molecule has 0 aliphatic heterocycles. The van der Waals surface area contributed by atoms with E-state index in [0.717, 1.165) is 17.1 Å². The Kier molecular flexibility index (Phi) is 3.18. The molecule has 6 nitrogen and oxygen atoms in total. The molecule has 94 valence electrons.